The number of carbonyl (C=O) groups is 2. The monoisotopic (exact) mass is 983 g/mol. The summed E-state index contributed by atoms with van der Waals surface area (Å²) < 4.78 is 6.06. The zero-order chi connectivity index (χ0) is 53.1. The van der Waals surface area contributed by atoms with Crippen molar-refractivity contribution in [2.24, 2.45) is 10.9 Å². The molecule has 11 nitrogen and oxygen atoms in total. The van der Waals surface area contributed by atoms with Crippen LogP contribution in [-0.4, -0.2) is 106 Å². The average molecular weight is 983 g/mol. The van der Waals surface area contributed by atoms with Crippen LogP contribution in [0.3, 0.4) is 0 Å². The lowest BCUT2D eigenvalue weighted by Crippen LogP contribution is -2.49. The van der Waals surface area contributed by atoms with E-state index in [2.05, 4.69) is 166 Å². The molecular weight excluding hydrogens is 893 g/mol. The van der Waals surface area contributed by atoms with Gasteiger partial charge in [-0.1, -0.05) is 114 Å². The molecule has 5 atom stereocenters. The van der Waals surface area contributed by atoms with E-state index in [0.717, 1.165) is 137 Å². The molecule has 1 aromatic rings. The predicted molar refractivity (Wildman–Crippen MR) is 302 cm³/mol. The number of nitrogens with zero attached hydrogens (tertiary/aromatic N) is 5. The van der Waals surface area contributed by atoms with E-state index in [4.69, 9.17) is 4.74 Å². The molecule has 0 saturated carbocycles. The highest BCUT2D eigenvalue weighted by atomic mass is 16.5. The summed E-state index contributed by atoms with van der Waals surface area (Å²) in [5.41, 5.74) is 13.9. The number of terminal acetylenes is 1. The molecule has 72 heavy (non-hydrogen) atoms. The number of nitrogens with one attached hydrogen (secondary N) is 3. The summed E-state index contributed by atoms with van der Waals surface area (Å²) in [5, 5.41) is 6.58. The molecule has 4 aliphatic heterocycles. The third kappa shape index (κ3) is 16.9. The van der Waals surface area contributed by atoms with Crippen molar-refractivity contribution < 1.29 is 14.3 Å². The minimum atomic E-state index is -0.275. The number of likely N-dealkylation sites (N-methyl/N-ethyl adjacent to an activating group) is 1. The zero-order valence-corrected chi connectivity index (χ0v) is 46.2. The van der Waals surface area contributed by atoms with E-state index < -0.39 is 0 Å². The number of likely N-dealkylation sites (tertiary alicyclic amines) is 2. The largest absolute Gasteiger partial charge is 0.371 e. The van der Waals surface area contributed by atoms with Crippen LogP contribution in [-0.2, 0) is 14.3 Å². The van der Waals surface area contributed by atoms with Gasteiger partial charge in [-0.25, -0.2) is 9.98 Å². The maximum Gasteiger partial charge on any atom is 0.245 e. The molecule has 0 bridgehead atoms. The van der Waals surface area contributed by atoms with Gasteiger partial charge in [0.05, 0.1) is 41.5 Å². The normalized spacial score (nSPS) is 23.5. The van der Waals surface area contributed by atoms with E-state index in [1.165, 1.54) is 11.1 Å². The molecule has 11 heteroatoms. The third-order valence-electron chi connectivity index (χ3n) is 14.3. The Bertz CT molecular complexity index is 2310. The van der Waals surface area contributed by atoms with Crippen LogP contribution in [0.5, 0.6) is 0 Å². The van der Waals surface area contributed by atoms with Crippen LogP contribution in [0.1, 0.15) is 158 Å². The van der Waals surface area contributed by atoms with Crippen molar-refractivity contribution in [1.82, 2.24) is 35.3 Å². The Morgan fingerprint density at radius 1 is 1.00 bits per heavy atom. The van der Waals surface area contributed by atoms with E-state index in [0.29, 0.717) is 12.3 Å². The molecule has 0 radical (unpaired) electrons. The number of hydrogen-bond donors (Lipinski definition) is 3. The highest BCUT2D eigenvalue weighted by Gasteiger charge is 2.40. The molecule has 3 N–H and O–H groups in total. The number of ether oxygens (including phenoxy) is 1. The van der Waals surface area contributed by atoms with Gasteiger partial charge in [-0.05, 0) is 153 Å². The van der Waals surface area contributed by atoms with Crippen LogP contribution < -0.4 is 10.6 Å². The molecule has 2 amide bonds. The van der Waals surface area contributed by atoms with Gasteiger partial charge in [-0.15, -0.1) is 18.6 Å². The number of carbonyl (C=O) groups excluding carboxylic acids is 2. The number of amidine groups is 1. The molecule has 0 spiro atoms. The number of allylic oxidation sites excluding steroid dienone is 11. The molecule has 2 aliphatic carbocycles. The molecule has 392 valence electrons. The van der Waals surface area contributed by atoms with E-state index in [1.54, 1.807) is 6.20 Å². The van der Waals surface area contributed by atoms with Crippen LogP contribution >= 0.6 is 0 Å². The maximum atomic E-state index is 13.9. The van der Waals surface area contributed by atoms with Crippen molar-refractivity contribution in [3.05, 3.63) is 130 Å². The van der Waals surface area contributed by atoms with Crippen LogP contribution in [0, 0.1) is 18.8 Å². The number of amides is 2. The number of aliphatic imine (C=N–C) groups is 1. The molecular formula is C61H90N8O3. The van der Waals surface area contributed by atoms with E-state index in [1.807, 2.05) is 55.0 Å². The van der Waals surface area contributed by atoms with Crippen LogP contribution in [0.25, 0.3) is 5.57 Å². The van der Waals surface area contributed by atoms with Gasteiger partial charge in [0, 0.05) is 26.1 Å². The summed E-state index contributed by atoms with van der Waals surface area (Å²) in [7, 11) is 0. The minimum Gasteiger partial charge on any atom is -0.371 e. The Kier molecular flexibility index (Phi) is 27.2. The predicted octanol–water partition coefficient (Wildman–Crippen LogP) is 12.0. The summed E-state index contributed by atoms with van der Waals surface area (Å²) in [5.74, 6) is 2.63. The molecule has 1 aromatic heterocycles. The van der Waals surface area contributed by atoms with Crippen LogP contribution in [0.4, 0.5) is 0 Å². The van der Waals surface area contributed by atoms with E-state index in [9.17, 15) is 9.59 Å². The number of H-pyrrole nitrogens is 1. The Morgan fingerprint density at radius 2 is 1.71 bits per heavy atom. The van der Waals surface area contributed by atoms with Crippen LogP contribution in [0.2, 0.25) is 0 Å². The summed E-state index contributed by atoms with van der Waals surface area (Å²) >= 11 is 0. The lowest BCUT2D eigenvalue weighted by molar-refractivity contribution is -0.136. The van der Waals surface area contributed by atoms with Gasteiger partial charge in [-0.3, -0.25) is 14.5 Å². The van der Waals surface area contributed by atoms with Gasteiger partial charge in [0.2, 0.25) is 11.8 Å². The number of imidazole rings is 1. The molecule has 0 aromatic carbocycles. The van der Waals surface area contributed by atoms with Crippen LogP contribution in [0.15, 0.2) is 124 Å². The van der Waals surface area contributed by atoms with Gasteiger partial charge in [-0.2, -0.15) is 0 Å². The standard InChI is InChI=1S/C28H37N3O2.C25H34N4O.C4H11N.C2H6.C2H2/c1-20(12-13-21(2)28(4)22(3)15-18-33-28)24-14-16-29-27(30-24)25-11-8-17-31(25)26(32)19-23-9-6-5-7-10-23;1-5-19(4)21-18-26-24(27-21)22-16-13-17-29(22)25(30)23(28(6-2)7-3)20-14-11-9-8-10-12-15-20;1-3-5-4-2;2*1-2/h5-6,9,12-13,16,22,25H,7-8,10-11,15,17-19H2,1-4H3,(H,29,30);5,9-11,14-15,18,22-23H,6-7,12-13,16-17H2,1-4H3,(H,26,27);5H,3-4H2,1-2H3;1-2H3;1-2H/b20-12+,21-13+;14-11-,19-5+,20-15?;;;/t22?,25-,28?;8?,22-,23+;;;/m00.../s1. The fraction of sp³-hybridized carbons (Fsp3) is 0.541. The average Bonchev–Trinajstić information content (AvgIpc) is 4.26. The molecule has 7 rings (SSSR count). The quantitative estimate of drug-likeness (QED) is 0.0910. The molecule has 2 unspecified atom stereocenters. The Morgan fingerprint density at radius 3 is 2.33 bits per heavy atom. The first-order chi connectivity index (χ1) is 34.9. The third-order valence-corrected chi connectivity index (χ3v) is 14.3. The molecule has 3 fully saturated rings. The smallest absolute Gasteiger partial charge is 0.245 e. The van der Waals surface area contributed by atoms with E-state index in [-0.39, 0.29) is 35.5 Å². The van der Waals surface area contributed by atoms with Crippen molar-refractivity contribution in [2.75, 3.05) is 45.9 Å². The number of aromatic nitrogens is 2. The van der Waals surface area contributed by atoms with Crippen molar-refractivity contribution in [1.29, 1.82) is 0 Å². The molecule has 6 aliphatic rings. The Balaban J connectivity index is 0.000000328. The number of rotatable bonds is 15. The first-order valence-corrected chi connectivity index (χ1v) is 26.9. The SMILES string of the molecule is C#C.C/C(=C\C=C(/C)C1(C)OCCC1C)C1=C=CN=C([C@@H]2CCCN2C(=O)CC2=CC=CCC2)N1.C/C=C(\C)c1cnc([C@@H]2CCCN2C(=O)[C@@H](C2=CCC=C=C/C=C\2)N(CC)CC)[nH]1.CC.CCNCC. The minimum absolute atomic E-state index is 0.00214. The summed E-state index contributed by atoms with van der Waals surface area (Å²) in [6.45, 7) is 31.5. The Hall–Kier alpha value is -5.72. The van der Waals surface area contributed by atoms with Crippen molar-refractivity contribution in [3.8, 4) is 12.8 Å². The Labute approximate surface area is 435 Å². The first-order valence-electron chi connectivity index (χ1n) is 26.9. The number of hydrogen-bond acceptors (Lipinski definition) is 8. The van der Waals surface area contributed by atoms with Crippen molar-refractivity contribution in [2.45, 2.75) is 165 Å². The van der Waals surface area contributed by atoms with Crippen molar-refractivity contribution >= 4 is 23.2 Å². The van der Waals surface area contributed by atoms with E-state index >= 15 is 0 Å². The summed E-state index contributed by atoms with van der Waals surface area (Å²) in [4.78, 5) is 45.9. The summed E-state index contributed by atoms with van der Waals surface area (Å²) in [6.07, 6.45) is 42.7. The lowest BCUT2D eigenvalue weighted by atomic mass is 9.84. The number of aromatic amines is 1. The highest BCUT2D eigenvalue weighted by Crippen LogP contribution is 2.38. The summed E-state index contributed by atoms with van der Waals surface area (Å²) in [6, 6.07) is -0.266. The topological polar surface area (TPSA) is 118 Å². The second-order valence-electron chi connectivity index (χ2n) is 18.6. The zero-order valence-electron chi connectivity index (χ0n) is 46.2. The fourth-order valence-corrected chi connectivity index (χ4v) is 9.56. The van der Waals surface area contributed by atoms with Crippen molar-refractivity contribution in [3.63, 3.8) is 0 Å². The first kappa shape index (κ1) is 60.6. The maximum absolute atomic E-state index is 13.9. The fourth-order valence-electron chi connectivity index (χ4n) is 9.56. The molecule has 3 saturated heterocycles. The second kappa shape index (κ2) is 32.4. The van der Waals surface area contributed by atoms with Gasteiger partial charge >= 0.3 is 0 Å². The molecule has 5 heterocycles. The van der Waals surface area contributed by atoms with Gasteiger partial charge < -0.3 is 30.2 Å². The van der Waals surface area contributed by atoms with Gasteiger partial charge in [0.1, 0.15) is 17.7 Å². The van der Waals surface area contributed by atoms with Gasteiger partial charge in [0.15, 0.2) is 0 Å². The lowest BCUT2D eigenvalue weighted by Gasteiger charge is -2.35. The van der Waals surface area contributed by atoms with Gasteiger partial charge in [0.25, 0.3) is 0 Å². The second-order valence-corrected chi connectivity index (χ2v) is 18.6. The highest BCUT2D eigenvalue weighted by molar-refractivity contribution is 5.94.